The molecule has 7 heteroatoms. The number of anilines is 1. The van der Waals surface area contributed by atoms with Gasteiger partial charge in [-0.05, 0) is 37.5 Å². The molecule has 1 aromatic heterocycles. The van der Waals surface area contributed by atoms with Gasteiger partial charge in [0, 0.05) is 30.6 Å². The average Bonchev–Trinajstić information content (AvgIpc) is 2.96. The number of fused-ring (bicyclic) bond motifs is 5. The van der Waals surface area contributed by atoms with Gasteiger partial charge < -0.3 is 15.0 Å². The fourth-order valence-corrected chi connectivity index (χ4v) is 5.31. The number of aromatic nitrogens is 1. The lowest BCUT2D eigenvalue weighted by molar-refractivity contribution is -0.140. The van der Waals surface area contributed by atoms with Crippen LogP contribution in [0.25, 0.3) is 0 Å². The number of ether oxygens (including phenoxy) is 1. The van der Waals surface area contributed by atoms with Crippen LogP contribution in [0.15, 0.2) is 11.6 Å². The average molecular weight is 347 g/mol. The Labute approximate surface area is 144 Å². The van der Waals surface area contributed by atoms with E-state index in [1.54, 1.807) is 6.20 Å². The fourth-order valence-electron chi connectivity index (χ4n) is 4.78. The molecule has 3 saturated heterocycles. The van der Waals surface area contributed by atoms with Crippen molar-refractivity contribution in [2.45, 2.75) is 37.9 Å². The molecule has 0 radical (unpaired) electrons. The van der Waals surface area contributed by atoms with Gasteiger partial charge in [-0.2, -0.15) is 0 Å². The van der Waals surface area contributed by atoms with Crippen LogP contribution in [-0.2, 0) is 14.3 Å². The first-order chi connectivity index (χ1) is 11.7. The van der Waals surface area contributed by atoms with E-state index in [0.29, 0.717) is 30.2 Å². The zero-order valence-electron chi connectivity index (χ0n) is 13.4. The maximum Gasteiger partial charge on any atom is 0.229 e. The topological polar surface area (TPSA) is 71.5 Å². The molecule has 1 N–H and O–H groups in total. The van der Waals surface area contributed by atoms with Gasteiger partial charge in [0.15, 0.2) is 5.13 Å². The lowest BCUT2D eigenvalue weighted by Gasteiger charge is -2.34. The summed E-state index contributed by atoms with van der Waals surface area (Å²) in [6.07, 6.45) is 5.85. The molecular weight excluding hydrogens is 326 g/mol. The number of nitrogens with zero attached hydrogens (tertiary/aromatic N) is 2. The van der Waals surface area contributed by atoms with Gasteiger partial charge >= 0.3 is 0 Å². The van der Waals surface area contributed by atoms with E-state index < -0.39 is 0 Å². The first-order valence-electron chi connectivity index (χ1n) is 8.85. The first-order valence-corrected chi connectivity index (χ1v) is 9.73. The third-order valence-corrected chi connectivity index (χ3v) is 6.85. The van der Waals surface area contributed by atoms with E-state index in [1.807, 2.05) is 10.3 Å². The van der Waals surface area contributed by atoms with Gasteiger partial charge in [0.2, 0.25) is 11.8 Å². The van der Waals surface area contributed by atoms with Crippen molar-refractivity contribution >= 4 is 28.3 Å². The molecule has 1 aromatic rings. The largest absolute Gasteiger partial charge is 0.374 e. The molecule has 1 saturated carbocycles. The summed E-state index contributed by atoms with van der Waals surface area (Å²) in [6.45, 7) is 1.35. The Bertz CT molecular complexity index is 656. The molecule has 3 aliphatic heterocycles. The lowest BCUT2D eigenvalue weighted by atomic mass is 9.87. The number of piperidine rings is 1. The predicted molar refractivity (Wildman–Crippen MR) is 88.4 cm³/mol. The molecule has 4 heterocycles. The van der Waals surface area contributed by atoms with Gasteiger partial charge in [-0.1, -0.05) is 0 Å². The second-order valence-electron chi connectivity index (χ2n) is 7.47. The van der Waals surface area contributed by atoms with Crippen molar-refractivity contribution in [1.82, 2.24) is 9.88 Å². The highest BCUT2D eigenvalue weighted by molar-refractivity contribution is 7.13. The number of amides is 2. The monoisotopic (exact) mass is 347 g/mol. The second-order valence-corrected chi connectivity index (χ2v) is 8.37. The van der Waals surface area contributed by atoms with Crippen molar-refractivity contribution < 1.29 is 14.3 Å². The molecule has 24 heavy (non-hydrogen) atoms. The summed E-state index contributed by atoms with van der Waals surface area (Å²) in [7, 11) is 0. The summed E-state index contributed by atoms with van der Waals surface area (Å²) < 4.78 is 5.96. The van der Waals surface area contributed by atoms with E-state index in [2.05, 4.69) is 10.3 Å². The van der Waals surface area contributed by atoms with Crippen molar-refractivity contribution in [3.05, 3.63) is 11.6 Å². The first kappa shape index (κ1) is 14.8. The van der Waals surface area contributed by atoms with Crippen LogP contribution in [0.4, 0.5) is 5.13 Å². The highest BCUT2D eigenvalue weighted by Gasteiger charge is 2.64. The number of hydrogen-bond acceptors (Lipinski definition) is 5. The summed E-state index contributed by atoms with van der Waals surface area (Å²) in [5.74, 6) is 1.73. The molecule has 4 aliphatic rings. The summed E-state index contributed by atoms with van der Waals surface area (Å²) in [5, 5.41) is 5.36. The van der Waals surface area contributed by atoms with Gasteiger partial charge in [-0.25, -0.2) is 4.98 Å². The number of carbonyl (C=O) groups excluding carboxylic acids is 2. The summed E-state index contributed by atoms with van der Waals surface area (Å²) in [5.41, 5.74) is 0. The summed E-state index contributed by atoms with van der Waals surface area (Å²) in [4.78, 5) is 31.2. The highest BCUT2D eigenvalue weighted by atomic mass is 32.1. The molecule has 0 spiro atoms. The smallest absolute Gasteiger partial charge is 0.229 e. The minimum atomic E-state index is -0.0259. The maximum atomic E-state index is 12.8. The van der Waals surface area contributed by atoms with Gasteiger partial charge in [-0.15, -0.1) is 11.3 Å². The molecule has 0 unspecified atom stereocenters. The second kappa shape index (κ2) is 5.52. The Morgan fingerprint density at radius 2 is 2.08 bits per heavy atom. The van der Waals surface area contributed by atoms with E-state index >= 15 is 0 Å². The predicted octanol–water partition coefficient (Wildman–Crippen LogP) is 1.74. The minimum Gasteiger partial charge on any atom is -0.374 e. The van der Waals surface area contributed by atoms with E-state index in [9.17, 15) is 9.59 Å². The number of thiazole rings is 1. The molecule has 1 aliphatic carbocycles. The number of rotatable bonds is 3. The quantitative estimate of drug-likeness (QED) is 0.904. The van der Waals surface area contributed by atoms with E-state index in [4.69, 9.17) is 4.74 Å². The molecule has 0 aromatic carbocycles. The van der Waals surface area contributed by atoms with Crippen LogP contribution in [0.2, 0.25) is 0 Å². The normalized spacial score (nSPS) is 37.3. The molecule has 4 fully saturated rings. The van der Waals surface area contributed by atoms with Gasteiger partial charge in [0.25, 0.3) is 0 Å². The zero-order chi connectivity index (χ0) is 16.3. The number of hydrogen-bond donors (Lipinski definition) is 1. The van der Waals surface area contributed by atoms with Crippen molar-refractivity contribution in [3.63, 3.8) is 0 Å². The molecule has 128 valence electrons. The molecule has 5 rings (SSSR count). The van der Waals surface area contributed by atoms with Crippen molar-refractivity contribution in [1.29, 1.82) is 0 Å². The molecule has 5 atom stereocenters. The Morgan fingerprint density at radius 1 is 1.25 bits per heavy atom. The van der Waals surface area contributed by atoms with Crippen LogP contribution in [0.5, 0.6) is 0 Å². The fraction of sp³-hybridized carbons (Fsp3) is 0.706. The molecule has 6 nitrogen and oxygen atoms in total. The Kier molecular flexibility index (Phi) is 3.42. The van der Waals surface area contributed by atoms with Crippen LogP contribution < -0.4 is 5.32 Å². The van der Waals surface area contributed by atoms with Crippen LogP contribution >= 0.6 is 11.3 Å². The Hall–Kier alpha value is -1.47. The maximum absolute atomic E-state index is 12.8. The number of carbonyl (C=O) groups is 2. The van der Waals surface area contributed by atoms with Gasteiger partial charge in [0.05, 0.1) is 18.1 Å². The number of likely N-dealkylation sites (tertiary alicyclic amines) is 1. The Morgan fingerprint density at radius 3 is 2.75 bits per heavy atom. The number of nitrogens with one attached hydrogen (secondary N) is 1. The third kappa shape index (κ3) is 2.37. The standard InChI is InChI=1S/C17H21N3O3S/c21-15(19-17-18-3-6-24-17)9-1-4-20(5-2-9)16(22)12-8-13-10-7-11(10)14(12)23-13/h3,6,9-14H,1-2,4-5,7-8H2,(H,18,19,21)/t10-,11+,12-,13+,14+/m1/s1. The van der Waals surface area contributed by atoms with E-state index in [0.717, 1.165) is 25.2 Å². The van der Waals surface area contributed by atoms with Crippen molar-refractivity contribution in [2.24, 2.45) is 23.7 Å². The lowest BCUT2D eigenvalue weighted by Crippen LogP contribution is -2.46. The SMILES string of the molecule is O=C(Nc1nccs1)C1CCN(C(=O)[C@@H]2C[C@@H]3O[C@H]2[C@H]2C[C@H]23)CC1. The van der Waals surface area contributed by atoms with E-state index in [1.165, 1.54) is 17.8 Å². The van der Waals surface area contributed by atoms with E-state index in [-0.39, 0.29) is 29.8 Å². The zero-order valence-corrected chi connectivity index (χ0v) is 14.2. The molecular formula is C17H21N3O3S. The highest BCUT2D eigenvalue weighted by Crippen LogP contribution is 2.60. The van der Waals surface area contributed by atoms with Crippen LogP contribution in [0.1, 0.15) is 25.7 Å². The minimum absolute atomic E-state index is 0.0259. The van der Waals surface area contributed by atoms with Crippen LogP contribution in [0, 0.1) is 23.7 Å². The molecule has 2 amide bonds. The third-order valence-electron chi connectivity index (χ3n) is 6.16. The van der Waals surface area contributed by atoms with Crippen LogP contribution in [-0.4, -0.2) is 47.0 Å². The van der Waals surface area contributed by atoms with Gasteiger partial charge in [-0.3, -0.25) is 9.59 Å². The summed E-state index contributed by atoms with van der Waals surface area (Å²) in [6, 6.07) is 0. The van der Waals surface area contributed by atoms with Gasteiger partial charge in [0.1, 0.15) is 0 Å². The Balaban J connectivity index is 1.15. The van der Waals surface area contributed by atoms with Crippen molar-refractivity contribution in [2.75, 3.05) is 18.4 Å². The summed E-state index contributed by atoms with van der Waals surface area (Å²) >= 11 is 1.43. The van der Waals surface area contributed by atoms with Crippen LogP contribution in [0.3, 0.4) is 0 Å². The van der Waals surface area contributed by atoms with Crippen molar-refractivity contribution in [3.8, 4) is 0 Å². The molecule has 2 bridgehead atoms.